The van der Waals surface area contributed by atoms with Gasteiger partial charge in [0.05, 0.1) is 18.9 Å². The number of nitrogens with one attached hydrogen (secondary N) is 7. The molecule has 0 aliphatic heterocycles. The Labute approximate surface area is 359 Å². The van der Waals surface area contributed by atoms with Crippen molar-refractivity contribution in [2.24, 2.45) is 11.8 Å². The molecule has 0 saturated heterocycles. The van der Waals surface area contributed by atoms with Crippen LogP contribution in [0, 0.1) is 11.8 Å². The Balaban J connectivity index is 2.19. The van der Waals surface area contributed by atoms with Gasteiger partial charge in [-0.3, -0.25) is 43.2 Å². The molecule has 0 spiro atoms. The van der Waals surface area contributed by atoms with E-state index in [-0.39, 0.29) is 24.7 Å². The SMILES string of the molecule is CC(=O)N[C@@H](CC1CCCCC1)C(=O)N[C@H](C(=O)N[C@@H](CC(C)C)C(=O)N[C@@H](CC(=O)O)C(=O)N[C@@H](C)C(=O)N[C@@H](CC(=O)O)C(=O)N[C@@H](Cc1ccccc1)C(=O)O)[C@@H](C)O. The van der Waals surface area contributed by atoms with E-state index in [0.29, 0.717) is 12.0 Å². The van der Waals surface area contributed by atoms with E-state index in [9.17, 15) is 68.4 Å². The van der Waals surface area contributed by atoms with E-state index in [1.807, 2.05) is 0 Å². The minimum Gasteiger partial charge on any atom is -0.481 e. The second kappa shape index (κ2) is 25.6. The molecule has 0 bridgehead atoms. The molecule has 1 aromatic rings. The normalized spacial score (nSPS) is 16.6. The summed E-state index contributed by atoms with van der Waals surface area (Å²) >= 11 is 0. The highest BCUT2D eigenvalue weighted by Gasteiger charge is 2.36. The lowest BCUT2D eigenvalue weighted by atomic mass is 9.84. The molecular weight excluding hydrogens is 814 g/mol. The first-order valence-electron chi connectivity index (χ1n) is 20.6. The van der Waals surface area contributed by atoms with Crippen LogP contribution >= 0.6 is 0 Å². The summed E-state index contributed by atoms with van der Waals surface area (Å²) in [4.78, 5) is 128. The van der Waals surface area contributed by atoms with Crippen molar-refractivity contribution in [2.45, 2.75) is 147 Å². The van der Waals surface area contributed by atoms with Crippen LogP contribution in [0.15, 0.2) is 30.3 Å². The van der Waals surface area contributed by atoms with Crippen molar-refractivity contribution in [3.05, 3.63) is 35.9 Å². The topological polar surface area (TPSA) is 336 Å². The molecule has 1 aliphatic carbocycles. The van der Waals surface area contributed by atoms with Crippen LogP contribution in [0.2, 0.25) is 0 Å². The van der Waals surface area contributed by atoms with Crippen molar-refractivity contribution < 1.29 is 68.4 Å². The average molecular weight is 876 g/mol. The Morgan fingerprint density at radius 1 is 0.581 bits per heavy atom. The molecule has 1 aliphatic rings. The maximum atomic E-state index is 13.7. The molecule has 21 nitrogen and oxygen atoms in total. The van der Waals surface area contributed by atoms with Gasteiger partial charge < -0.3 is 57.6 Å². The van der Waals surface area contributed by atoms with E-state index in [1.54, 1.807) is 44.2 Å². The number of hydrogen-bond acceptors (Lipinski definition) is 11. The second-order valence-electron chi connectivity index (χ2n) is 16.0. The molecule has 62 heavy (non-hydrogen) atoms. The average Bonchev–Trinajstić information content (AvgIpc) is 3.18. The summed E-state index contributed by atoms with van der Waals surface area (Å²) in [6, 6.07) is -2.55. The fourth-order valence-corrected chi connectivity index (χ4v) is 6.90. The quantitative estimate of drug-likeness (QED) is 0.0567. The molecule has 21 heteroatoms. The molecule has 2 rings (SSSR count). The monoisotopic (exact) mass is 875 g/mol. The molecule has 11 N–H and O–H groups in total. The number of amides is 7. The van der Waals surface area contributed by atoms with Gasteiger partial charge >= 0.3 is 17.9 Å². The van der Waals surface area contributed by atoms with Gasteiger partial charge in [-0.2, -0.15) is 0 Å². The van der Waals surface area contributed by atoms with Gasteiger partial charge in [-0.25, -0.2) is 4.79 Å². The fraction of sp³-hybridized carbons (Fsp3) is 0.610. The summed E-state index contributed by atoms with van der Waals surface area (Å²) in [5, 5.41) is 55.6. The number of hydrogen-bond donors (Lipinski definition) is 11. The van der Waals surface area contributed by atoms with Gasteiger partial charge in [-0.15, -0.1) is 0 Å². The lowest BCUT2D eigenvalue weighted by Crippen LogP contribution is -2.61. The summed E-state index contributed by atoms with van der Waals surface area (Å²) in [6.45, 7) is 7.00. The molecule has 0 heterocycles. The second-order valence-corrected chi connectivity index (χ2v) is 16.0. The molecule has 0 unspecified atom stereocenters. The Morgan fingerprint density at radius 2 is 1.06 bits per heavy atom. The largest absolute Gasteiger partial charge is 0.481 e. The van der Waals surface area contributed by atoms with Gasteiger partial charge in [0.25, 0.3) is 0 Å². The number of benzene rings is 1. The van der Waals surface area contributed by atoms with Crippen LogP contribution in [0.1, 0.15) is 98.0 Å². The van der Waals surface area contributed by atoms with E-state index in [0.717, 1.165) is 39.0 Å². The van der Waals surface area contributed by atoms with Crippen molar-refractivity contribution in [1.29, 1.82) is 0 Å². The maximum Gasteiger partial charge on any atom is 0.326 e. The maximum absolute atomic E-state index is 13.7. The number of carbonyl (C=O) groups excluding carboxylic acids is 7. The molecule has 344 valence electrons. The molecule has 1 fully saturated rings. The third kappa shape index (κ3) is 18.7. The zero-order valence-corrected chi connectivity index (χ0v) is 35.6. The van der Waals surface area contributed by atoms with E-state index in [1.165, 1.54) is 13.8 Å². The molecule has 1 saturated carbocycles. The van der Waals surface area contributed by atoms with Crippen LogP contribution < -0.4 is 37.2 Å². The Morgan fingerprint density at radius 3 is 1.56 bits per heavy atom. The summed E-state index contributed by atoms with van der Waals surface area (Å²) in [7, 11) is 0. The minimum absolute atomic E-state index is 0.0599. The smallest absolute Gasteiger partial charge is 0.326 e. The highest BCUT2D eigenvalue weighted by Crippen LogP contribution is 2.27. The summed E-state index contributed by atoms with van der Waals surface area (Å²) in [5.74, 6) is -11.3. The van der Waals surface area contributed by atoms with Crippen molar-refractivity contribution >= 4 is 59.3 Å². The van der Waals surface area contributed by atoms with Gasteiger partial charge in [0.15, 0.2) is 0 Å². The number of aliphatic hydroxyl groups is 1. The number of carbonyl (C=O) groups is 10. The van der Waals surface area contributed by atoms with Crippen LogP contribution in [0.25, 0.3) is 0 Å². The number of carboxylic acids is 3. The third-order valence-corrected chi connectivity index (χ3v) is 10.1. The van der Waals surface area contributed by atoms with Gasteiger partial charge in [0, 0.05) is 13.3 Å². The lowest BCUT2D eigenvalue weighted by Gasteiger charge is -2.29. The van der Waals surface area contributed by atoms with E-state index in [2.05, 4.69) is 37.2 Å². The van der Waals surface area contributed by atoms with Crippen molar-refractivity contribution in [3.63, 3.8) is 0 Å². The van der Waals surface area contributed by atoms with Gasteiger partial charge in [-0.05, 0) is 44.1 Å². The van der Waals surface area contributed by atoms with Gasteiger partial charge in [0.1, 0.15) is 42.3 Å². The third-order valence-electron chi connectivity index (χ3n) is 10.1. The Kier molecular flexibility index (Phi) is 21.5. The van der Waals surface area contributed by atoms with Crippen LogP contribution in [-0.2, 0) is 54.4 Å². The summed E-state index contributed by atoms with van der Waals surface area (Å²) in [6.07, 6.45) is 1.35. The van der Waals surface area contributed by atoms with Crippen molar-refractivity contribution in [2.75, 3.05) is 0 Å². The summed E-state index contributed by atoms with van der Waals surface area (Å²) < 4.78 is 0. The molecular formula is C41H61N7O14. The highest BCUT2D eigenvalue weighted by molar-refractivity contribution is 5.98. The first kappa shape index (κ1) is 52.0. The number of aliphatic hydroxyl groups excluding tert-OH is 1. The molecule has 0 radical (unpaired) electrons. The predicted octanol–water partition coefficient (Wildman–Crippen LogP) is -0.906. The van der Waals surface area contributed by atoms with Crippen LogP contribution in [0.3, 0.4) is 0 Å². The molecule has 1 aromatic carbocycles. The molecule has 0 aromatic heterocycles. The lowest BCUT2D eigenvalue weighted by molar-refractivity contribution is -0.143. The van der Waals surface area contributed by atoms with E-state index >= 15 is 0 Å². The van der Waals surface area contributed by atoms with Crippen molar-refractivity contribution in [1.82, 2.24) is 37.2 Å². The first-order chi connectivity index (χ1) is 29.1. The summed E-state index contributed by atoms with van der Waals surface area (Å²) in [5.41, 5.74) is 0.543. The van der Waals surface area contributed by atoms with Gasteiger partial charge in [0.2, 0.25) is 41.4 Å². The van der Waals surface area contributed by atoms with Crippen LogP contribution in [-0.4, -0.2) is 128 Å². The van der Waals surface area contributed by atoms with Crippen molar-refractivity contribution in [3.8, 4) is 0 Å². The number of carboxylic acid groups (broad SMARTS) is 3. The Bertz CT molecular complexity index is 1750. The predicted molar refractivity (Wildman–Crippen MR) is 219 cm³/mol. The molecule has 7 amide bonds. The minimum atomic E-state index is -1.85. The highest BCUT2D eigenvalue weighted by atomic mass is 16.4. The van der Waals surface area contributed by atoms with E-state index in [4.69, 9.17) is 0 Å². The van der Waals surface area contributed by atoms with E-state index < -0.39 is 120 Å². The number of aliphatic carboxylic acids is 3. The first-order valence-corrected chi connectivity index (χ1v) is 20.6. The van der Waals surface area contributed by atoms with Crippen LogP contribution in [0.4, 0.5) is 0 Å². The zero-order valence-electron chi connectivity index (χ0n) is 35.6. The standard InChI is InChI=1S/C41H61N7O14/c1-21(2)16-27(46-40(60)34(23(4)49)48-39(59)28(43-24(5)50)17-25-12-8-6-9-13-25)37(57)45-29(19-32(51)52)36(56)42-22(3)35(55)44-30(20-33(53)54)38(58)47-31(41(61)62)18-26-14-10-7-11-15-26/h7,10-11,14-15,21-23,25,27-31,34,49H,6,8-9,12-13,16-20H2,1-5H3,(H,42,56)(H,43,50)(H,44,55)(H,45,57)(H,46,60)(H,47,58)(H,48,59)(H,51,52)(H,53,54)(H,61,62)/t22-,23+,27-,28-,29-,30-,31-,34-/m0/s1. The Hall–Kier alpha value is -6.12. The molecule has 8 atom stereocenters. The number of rotatable bonds is 25. The zero-order chi connectivity index (χ0) is 46.7. The van der Waals surface area contributed by atoms with Crippen LogP contribution in [0.5, 0.6) is 0 Å². The fourth-order valence-electron chi connectivity index (χ4n) is 6.90. The van der Waals surface area contributed by atoms with Gasteiger partial charge in [-0.1, -0.05) is 76.3 Å².